The van der Waals surface area contributed by atoms with Gasteiger partial charge in [0.2, 0.25) is 0 Å². The predicted molar refractivity (Wildman–Crippen MR) is 47.6 cm³/mol. The minimum absolute atomic E-state index is 0.196. The second-order valence-electron chi connectivity index (χ2n) is 3.17. The number of nitrogens with zero attached hydrogens (tertiary/aromatic N) is 1. The van der Waals surface area contributed by atoms with E-state index >= 15 is 0 Å². The molecule has 66 valence electrons. The van der Waals surface area contributed by atoms with E-state index in [2.05, 4.69) is 0 Å². The molecule has 2 rings (SSSR count). The largest absolute Gasteiger partial charge is 0.277 e. The molecule has 0 radical (unpaired) electrons. The number of carbonyl (C=O) groups is 2. The molecule has 0 aromatic heterocycles. The Morgan fingerprint density at radius 1 is 1.15 bits per heavy atom. The molecule has 1 aliphatic rings. The summed E-state index contributed by atoms with van der Waals surface area (Å²) in [5.41, 5.74) is 1.93. The van der Waals surface area contributed by atoms with Gasteiger partial charge in [-0.3, -0.25) is 14.5 Å². The average molecular weight is 175 g/mol. The van der Waals surface area contributed by atoms with Crippen LogP contribution in [0.5, 0.6) is 0 Å². The molecule has 1 aliphatic heterocycles. The van der Waals surface area contributed by atoms with E-state index in [1.807, 2.05) is 13.0 Å². The maximum Gasteiger partial charge on any atom is 0.261 e. The Hall–Kier alpha value is -1.64. The monoisotopic (exact) mass is 175 g/mol. The molecule has 13 heavy (non-hydrogen) atoms. The van der Waals surface area contributed by atoms with Gasteiger partial charge in [-0.05, 0) is 18.6 Å². The minimum Gasteiger partial charge on any atom is -0.277 e. The third kappa shape index (κ3) is 0.900. The van der Waals surface area contributed by atoms with Gasteiger partial charge >= 0.3 is 0 Å². The van der Waals surface area contributed by atoms with Crippen molar-refractivity contribution in [1.82, 2.24) is 4.90 Å². The zero-order valence-electron chi connectivity index (χ0n) is 7.50. The lowest BCUT2D eigenvalue weighted by atomic mass is 10.0. The van der Waals surface area contributed by atoms with Gasteiger partial charge in [-0.15, -0.1) is 0 Å². The second kappa shape index (κ2) is 2.42. The van der Waals surface area contributed by atoms with Crippen LogP contribution in [0.2, 0.25) is 0 Å². The fourth-order valence-electron chi connectivity index (χ4n) is 1.57. The molecule has 0 spiro atoms. The first-order chi connectivity index (χ1) is 6.13. The number of hydrogen-bond acceptors (Lipinski definition) is 2. The van der Waals surface area contributed by atoms with Gasteiger partial charge in [-0.2, -0.15) is 0 Å². The van der Waals surface area contributed by atoms with Gasteiger partial charge in [0.1, 0.15) is 0 Å². The lowest BCUT2D eigenvalue weighted by Gasteiger charge is -2.03. The summed E-state index contributed by atoms with van der Waals surface area (Å²) in [7, 11) is 1.50. The third-order valence-electron chi connectivity index (χ3n) is 2.33. The van der Waals surface area contributed by atoms with E-state index in [1.165, 1.54) is 7.05 Å². The Labute approximate surface area is 76.0 Å². The summed E-state index contributed by atoms with van der Waals surface area (Å²) in [6.45, 7) is 1.84. The molecule has 3 heteroatoms. The number of fused-ring (bicyclic) bond motifs is 1. The number of imide groups is 1. The minimum atomic E-state index is -0.205. The molecule has 0 saturated heterocycles. The van der Waals surface area contributed by atoms with E-state index in [9.17, 15) is 9.59 Å². The van der Waals surface area contributed by atoms with E-state index in [0.29, 0.717) is 11.1 Å². The molecule has 1 heterocycles. The number of benzene rings is 1. The van der Waals surface area contributed by atoms with E-state index < -0.39 is 0 Å². The summed E-state index contributed by atoms with van der Waals surface area (Å²) in [6, 6.07) is 5.31. The van der Waals surface area contributed by atoms with Crippen LogP contribution in [0, 0.1) is 6.92 Å². The molecule has 1 aromatic rings. The predicted octanol–water partition coefficient (Wildman–Crippen LogP) is 1.22. The molecule has 0 atom stereocenters. The lowest BCUT2D eigenvalue weighted by Crippen LogP contribution is -2.24. The van der Waals surface area contributed by atoms with Crippen molar-refractivity contribution >= 4 is 11.8 Å². The van der Waals surface area contributed by atoms with Crippen LogP contribution in [0.3, 0.4) is 0 Å². The molecule has 1 aromatic carbocycles. The second-order valence-corrected chi connectivity index (χ2v) is 3.17. The smallest absolute Gasteiger partial charge is 0.261 e. The highest BCUT2D eigenvalue weighted by molar-refractivity contribution is 6.21. The molecule has 0 bridgehead atoms. The number of amides is 2. The molecule has 0 saturated carbocycles. The molecule has 0 N–H and O–H groups in total. The topological polar surface area (TPSA) is 37.4 Å². The Bertz CT molecular complexity index is 409. The van der Waals surface area contributed by atoms with Crippen molar-refractivity contribution in [3.8, 4) is 0 Å². The van der Waals surface area contributed by atoms with Crippen molar-refractivity contribution in [2.45, 2.75) is 6.92 Å². The number of aryl methyl sites for hydroxylation is 1. The van der Waals surface area contributed by atoms with Crippen LogP contribution < -0.4 is 0 Å². The van der Waals surface area contributed by atoms with Gasteiger partial charge in [0, 0.05) is 7.05 Å². The average Bonchev–Trinajstić information content (AvgIpc) is 2.33. The van der Waals surface area contributed by atoms with Crippen LogP contribution in [0.1, 0.15) is 26.3 Å². The summed E-state index contributed by atoms with van der Waals surface area (Å²) < 4.78 is 0. The van der Waals surface area contributed by atoms with Crippen molar-refractivity contribution in [2.24, 2.45) is 0 Å². The number of rotatable bonds is 0. The fraction of sp³-hybridized carbons (Fsp3) is 0.200. The van der Waals surface area contributed by atoms with E-state index in [-0.39, 0.29) is 11.8 Å². The van der Waals surface area contributed by atoms with Crippen molar-refractivity contribution < 1.29 is 9.59 Å². The van der Waals surface area contributed by atoms with Gasteiger partial charge in [-0.1, -0.05) is 12.1 Å². The Balaban J connectivity index is 2.74. The summed E-state index contributed by atoms with van der Waals surface area (Å²) in [4.78, 5) is 24.1. The van der Waals surface area contributed by atoms with Gasteiger partial charge in [0.05, 0.1) is 11.1 Å². The SMILES string of the molecule is Cc1cccc2c1C(=O)N(C)C2=O. The Morgan fingerprint density at radius 2 is 1.85 bits per heavy atom. The summed E-state index contributed by atoms with van der Waals surface area (Å²) >= 11 is 0. The maximum atomic E-state index is 11.5. The standard InChI is InChI=1S/C10H9NO2/c1-6-4-3-5-7-8(6)10(13)11(2)9(7)12/h3-5H,1-2H3. The van der Waals surface area contributed by atoms with Gasteiger partial charge < -0.3 is 0 Å². The first-order valence-corrected chi connectivity index (χ1v) is 4.05. The zero-order chi connectivity index (χ0) is 9.59. The first-order valence-electron chi connectivity index (χ1n) is 4.05. The molecule has 0 unspecified atom stereocenters. The molecular weight excluding hydrogens is 166 g/mol. The number of carbonyl (C=O) groups excluding carboxylic acids is 2. The van der Waals surface area contributed by atoms with Crippen molar-refractivity contribution in [3.63, 3.8) is 0 Å². The van der Waals surface area contributed by atoms with E-state index in [0.717, 1.165) is 10.5 Å². The van der Waals surface area contributed by atoms with Crippen molar-refractivity contribution in [3.05, 3.63) is 34.9 Å². The maximum absolute atomic E-state index is 11.5. The first kappa shape index (κ1) is 7.98. The molecule has 2 amide bonds. The van der Waals surface area contributed by atoms with Crippen LogP contribution in [0.25, 0.3) is 0 Å². The number of hydrogen-bond donors (Lipinski definition) is 0. The van der Waals surface area contributed by atoms with Crippen LogP contribution >= 0.6 is 0 Å². The van der Waals surface area contributed by atoms with E-state index in [4.69, 9.17) is 0 Å². The van der Waals surface area contributed by atoms with Crippen LogP contribution in [-0.4, -0.2) is 23.8 Å². The van der Waals surface area contributed by atoms with Gasteiger partial charge in [0.15, 0.2) is 0 Å². The molecule has 0 aliphatic carbocycles. The molecule has 3 nitrogen and oxygen atoms in total. The third-order valence-corrected chi connectivity index (χ3v) is 2.33. The van der Waals surface area contributed by atoms with Crippen LogP contribution in [0.4, 0.5) is 0 Å². The fourth-order valence-corrected chi connectivity index (χ4v) is 1.57. The van der Waals surface area contributed by atoms with Crippen molar-refractivity contribution in [2.75, 3.05) is 7.05 Å². The Kier molecular flexibility index (Phi) is 1.49. The zero-order valence-corrected chi connectivity index (χ0v) is 7.50. The highest BCUT2D eigenvalue weighted by atomic mass is 16.2. The highest BCUT2D eigenvalue weighted by Gasteiger charge is 2.33. The summed E-state index contributed by atoms with van der Waals surface area (Å²) in [6.07, 6.45) is 0. The lowest BCUT2D eigenvalue weighted by molar-refractivity contribution is 0.0693. The normalized spacial score (nSPS) is 15.1. The van der Waals surface area contributed by atoms with E-state index in [1.54, 1.807) is 12.1 Å². The molecule has 0 fully saturated rings. The van der Waals surface area contributed by atoms with Gasteiger partial charge in [0.25, 0.3) is 11.8 Å². The Morgan fingerprint density at radius 3 is 2.46 bits per heavy atom. The summed E-state index contributed by atoms with van der Waals surface area (Å²) in [5.74, 6) is -0.401. The molecular formula is C10H9NO2. The van der Waals surface area contributed by atoms with Gasteiger partial charge in [-0.25, -0.2) is 0 Å². The van der Waals surface area contributed by atoms with Crippen LogP contribution in [0.15, 0.2) is 18.2 Å². The summed E-state index contributed by atoms with van der Waals surface area (Å²) in [5, 5.41) is 0. The highest BCUT2D eigenvalue weighted by Crippen LogP contribution is 2.23. The van der Waals surface area contributed by atoms with Crippen LogP contribution in [-0.2, 0) is 0 Å². The quantitative estimate of drug-likeness (QED) is 0.556. The van der Waals surface area contributed by atoms with Crippen molar-refractivity contribution in [1.29, 1.82) is 0 Å².